The first-order chi connectivity index (χ1) is 10.8. The van der Waals surface area contributed by atoms with Gasteiger partial charge in [-0.3, -0.25) is 10.1 Å². The Morgan fingerprint density at radius 1 is 1.35 bits per heavy atom. The normalized spacial score (nSPS) is 16.9. The van der Waals surface area contributed by atoms with Crippen molar-refractivity contribution in [2.24, 2.45) is 0 Å². The molecule has 1 N–H and O–H groups in total. The summed E-state index contributed by atoms with van der Waals surface area (Å²) in [5.74, 6) is -0.436. The van der Waals surface area contributed by atoms with Gasteiger partial charge in [0, 0.05) is 18.2 Å². The average molecular weight is 321 g/mol. The Morgan fingerprint density at radius 3 is 2.39 bits per heavy atom. The highest BCUT2D eigenvalue weighted by atomic mass is 16.6. The quantitative estimate of drug-likeness (QED) is 0.397. The fourth-order valence-electron chi connectivity index (χ4n) is 2.06. The van der Waals surface area contributed by atoms with Gasteiger partial charge >= 0.3 is 5.97 Å². The monoisotopic (exact) mass is 321 g/mol. The minimum absolute atomic E-state index is 0.0368. The summed E-state index contributed by atoms with van der Waals surface area (Å²) >= 11 is 0. The summed E-state index contributed by atoms with van der Waals surface area (Å²) in [6.07, 6.45) is 4.61. The molecule has 0 radical (unpaired) electrons. The fraction of sp³-hybridized carbons (Fsp3) is 0.471. The first-order valence-electron chi connectivity index (χ1n) is 7.61. The van der Waals surface area contributed by atoms with Gasteiger partial charge in [0.25, 0.3) is 5.69 Å². The second-order valence-corrected chi connectivity index (χ2v) is 5.67. The maximum absolute atomic E-state index is 11.9. The number of ether oxygens (including phenoxy) is 1. The molecule has 0 amide bonds. The van der Waals surface area contributed by atoms with Gasteiger partial charge in [-0.25, -0.2) is 4.79 Å². The molecule has 0 spiro atoms. The number of aliphatic hydroxyl groups excluding tert-OH is 1. The molecule has 0 saturated carbocycles. The summed E-state index contributed by atoms with van der Waals surface area (Å²) in [5.41, 5.74) is 1.37. The molecule has 1 aliphatic carbocycles. The molecule has 126 valence electrons. The van der Waals surface area contributed by atoms with Gasteiger partial charge in [-0.2, -0.15) is 0 Å². The molecule has 1 aromatic carbocycles. The number of nitrogens with zero attached hydrogens (tertiary/aromatic N) is 1. The van der Waals surface area contributed by atoms with Crippen molar-refractivity contribution < 1.29 is 19.6 Å². The van der Waals surface area contributed by atoms with Crippen LogP contribution in [0, 0.1) is 10.1 Å². The summed E-state index contributed by atoms with van der Waals surface area (Å²) in [6, 6.07) is 5.45. The number of carbonyl (C=O) groups excluding carboxylic acids is 1. The molecule has 1 atom stereocenters. The summed E-state index contributed by atoms with van der Waals surface area (Å²) in [7, 11) is 0. The van der Waals surface area contributed by atoms with Crippen LogP contribution in [0.1, 0.15) is 50.4 Å². The topological polar surface area (TPSA) is 89.7 Å². The molecular weight excluding hydrogens is 298 g/mol. The molecule has 0 aromatic heterocycles. The molecule has 0 bridgehead atoms. The minimum atomic E-state index is -0.497. The number of benzene rings is 1. The predicted molar refractivity (Wildman–Crippen MR) is 87.3 cm³/mol. The van der Waals surface area contributed by atoms with Crippen LogP contribution in [0.3, 0.4) is 0 Å². The smallest absolute Gasteiger partial charge is 0.338 e. The van der Waals surface area contributed by atoms with Crippen LogP contribution in [0.2, 0.25) is 0 Å². The standard InChI is InChI=1S/C14H15NO4.C3H8O/c1-10-4-2-3-5-13(10)19-14(16)11-6-8-12(9-7-11)15(17)18;1-3(2)4/h4,6-9,13H,2-3,5H2,1H3;3-4H,1-2H3. The first kappa shape index (κ1) is 18.8. The van der Waals surface area contributed by atoms with Crippen molar-refractivity contribution in [3.05, 3.63) is 51.6 Å². The summed E-state index contributed by atoms with van der Waals surface area (Å²) in [4.78, 5) is 21.9. The molecule has 1 unspecified atom stereocenters. The van der Waals surface area contributed by atoms with Crippen LogP contribution >= 0.6 is 0 Å². The predicted octanol–water partition coefficient (Wildman–Crippen LogP) is 3.64. The van der Waals surface area contributed by atoms with Gasteiger partial charge in [0.1, 0.15) is 6.10 Å². The third-order valence-electron chi connectivity index (χ3n) is 3.21. The van der Waals surface area contributed by atoms with Crippen molar-refractivity contribution in [2.45, 2.75) is 52.2 Å². The number of rotatable bonds is 3. The van der Waals surface area contributed by atoms with Crippen molar-refractivity contribution in [1.29, 1.82) is 0 Å². The van der Waals surface area contributed by atoms with E-state index in [2.05, 4.69) is 6.08 Å². The molecule has 0 fully saturated rings. The molecule has 0 heterocycles. The van der Waals surface area contributed by atoms with Gasteiger partial charge in [0.05, 0.1) is 10.5 Å². The number of hydrogen-bond acceptors (Lipinski definition) is 5. The summed E-state index contributed by atoms with van der Waals surface area (Å²) in [5, 5.41) is 18.6. The van der Waals surface area contributed by atoms with Gasteiger partial charge < -0.3 is 9.84 Å². The lowest BCUT2D eigenvalue weighted by Crippen LogP contribution is -2.21. The van der Waals surface area contributed by atoms with E-state index in [0.29, 0.717) is 5.56 Å². The molecule has 6 heteroatoms. The van der Waals surface area contributed by atoms with E-state index >= 15 is 0 Å². The zero-order valence-electron chi connectivity index (χ0n) is 13.7. The molecule has 23 heavy (non-hydrogen) atoms. The lowest BCUT2D eigenvalue weighted by atomic mass is 9.98. The highest BCUT2D eigenvalue weighted by Gasteiger charge is 2.20. The number of nitro benzene ring substituents is 1. The van der Waals surface area contributed by atoms with E-state index in [1.807, 2.05) is 6.92 Å². The van der Waals surface area contributed by atoms with Gasteiger partial charge in [0.15, 0.2) is 0 Å². The van der Waals surface area contributed by atoms with Crippen molar-refractivity contribution >= 4 is 11.7 Å². The Labute approximate surface area is 135 Å². The summed E-state index contributed by atoms with van der Waals surface area (Å²) in [6.45, 7) is 5.40. The van der Waals surface area contributed by atoms with Crippen LogP contribution in [0.25, 0.3) is 0 Å². The van der Waals surface area contributed by atoms with E-state index in [1.54, 1.807) is 13.8 Å². The molecule has 0 saturated heterocycles. The molecule has 1 aromatic rings. The Hall–Kier alpha value is -2.21. The first-order valence-corrected chi connectivity index (χ1v) is 7.61. The number of aliphatic hydroxyl groups is 1. The van der Waals surface area contributed by atoms with E-state index in [9.17, 15) is 14.9 Å². The third-order valence-corrected chi connectivity index (χ3v) is 3.21. The largest absolute Gasteiger partial charge is 0.454 e. The number of hydrogen-bond donors (Lipinski definition) is 1. The van der Waals surface area contributed by atoms with Crippen molar-refractivity contribution in [1.82, 2.24) is 0 Å². The maximum atomic E-state index is 11.9. The van der Waals surface area contributed by atoms with Crippen LogP contribution in [0.4, 0.5) is 5.69 Å². The van der Waals surface area contributed by atoms with Gasteiger partial charge in [-0.1, -0.05) is 6.08 Å². The molecule has 2 rings (SSSR count). The van der Waals surface area contributed by atoms with Crippen LogP contribution in [0.5, 0.6) is 0 Å². The van der Waals surface area contributed by atoms with Crippen molar-refractivity contribution in [3.63, 3.8) is 0 Å². The molecule has 0 aliphatic heterocycles. The number of esters is 1. The highest BCUT2D eigenvalue weighted by molar-refractivity contribution is 5.89. The lowest BCUT2D eigenvalue weighted by molar-refractivity contribution is -0.384. The van der Waals surface area contributed by atoms with E-state index in [0.717, 1.165) is 24.8 Å². The fourth-order valence-corrected chi connectivity index (χ4v) is 2.06. The van der Waals surface area contributed by atoms with E-state index < -0.39 is 10.9 Å². The number of nitro groups is 1. The van der Waals surface area contributed by atoms with E-state index in [4.69, 9.17) is 9.84 Å². The van der Waals surface area contributed by atoms with Gasteiger partial charge in [-0.05, 0) is 57.7 Å². The van der Waals surface area contributed by atoms with E-state index in [-0.39, 0.29) is 17.9 Å². The highest BCUT2D eigenvalue weighted by Crippen LogP contribution is 2.22. The van der Waals surface area contributed by atoms with Crippen LogP contribution in [-0.2, 0) is 4.74 Å². The second-order valence-electron chi connectivity index (χ2n) is 5.67. The van der Waals surface area contributed by atoms with Crippen molar-refractivity contribution in [2.75, 3.05) is 0 Å². The van der Waals surface area contributed by atoms with Crippen LogP contribution in [-0.4, -0.2) is 28.2 Å². The molecule has 6 nitrogen and oxygen atoms in total. The van der Waals surface area contributed by atoms with Gasteiger partial charge in [0.2, 0.25) is 0 Å². The van der Waals surface area contributed by atoms with Crippen LogP contribution < -0.4 is 0 Å². The molecule has 1 aliphatic rings. The Kier molecular flexibility index (Phi) is 7.41. The van der Waals surface area contributed by atoms with E-state index in [1.165, 1.54) is 24.3 Å². The minimum Gasteiger partial charge on any atom is -0.454 e. The SMILES string of the molecule is CC(C)O.CC1=CCCCC1OC(=O)c1ccc([N+](=O)[O-])cc1. The van der Waals surface area contributed by atoms with Crippen molar-refractivity contribution in [3.8, 4) is 0 Å². The maximum Gasteiger partial charge on any atom is 0.338 e. The Balaban J connectivity index is 0.000000593. The zero-order chi connectivity index (χ0) is 17.4. The average Bonchev–Trinajstić information content (AvgIpc) is 2.49. The van der Waals surface area contributed by atoms with Crippen LogP contribution in [0.15, 0.2) is 35.9 Å². The Morgan fingerprint density at radius 2 is 1.91 bits per heavy atom. The number of carbonyl (C=O) groups is 1. The van der Waals surface area contributed by atoms with Gasteiger partial charge in [-0.15, -0.1) is 0 Å². The lowest BCUT2D eigenvalue weighted by Gasteiger charge is -2.22. The Bertz CT molecular complexity index is 560. The third kappa shape index (κ3) is 6.61. The molecular formula is C17H23NO5. The second kappa shape index (κ2) is 9.05. The number of non-ortho nitro benzene ring substituents is 1. The summed E-state index contributed by atoms with van der Waals surface area (Å²) < 4.78 is 5.41. The zero-order valence-corrected chi connectivity index (χ0v) is 13.7. The number of allylic oxidation sites excluding steroid dienone is 1.